The van der Waals surface area contributed by atoms with E-state index in [4.69, 9.17) is 4.18 Å². The molecule has 0 aromatic heterocycles. The van der Waals surface area contributed by atoms with E-state index >= 15 is 0 Å². The molecule has 0 fully saturated rings. The van der Waals surface area contributed by atoms with Crippen LogP contribution in [-0.2, 0) is 20.1 Å². The number of carbonyl (C=O) groups is 1. The number of nitrogens with one attached hydrogen (secondary N) is 2. The van der Waals surface area contributed by atoms with Gasteiger partial charge in [-0.05, 0) is 61.9 Å². The van der Waals surface area contributed by atoms with Crippen molar-refractivity contribution < 1.29 is 25.8 Å². The van der Waals surface area contributed by atoms with Gasteiger partial charge < -0.3 is 9.50 Å². The Labute approximate surface area is 181 Å². The molecule has 0 saturated heterocycles. The third-order valence-corrected chi connectivity index (χ3v) is 6.72. The molecule has 10 heteroatoms. The number of rotatable bonds is 6. The quantitative estimate of drug-likeness (QED) is 0.543. The Morgan fingerprint density at radius 3 is 2.13 bits per heavy atom. The summed E-state index contributed by atoms with van der Waals surface area (Å²) in [5, 5.41) is 2.32. The minimum atomic E-state index is -4.16. The van der Waals surface area contributed by atoms with E-state index in [2.05, 4.69) is 5.32 Å². The van der Waals surface area contributed by atoms with Gasteiger partial charge in [-0.15, -0.1) is 0 Å². The van der Waals surface area contributed by atoms with Crippen molar-refractivity contribution in [2.75, 3.05) is 5.32 Å². The molecule has 0 aliphatic heterocycles. The molecular formula is C21H20N2O6S2. The molecule has 3 aromatic carbocycles. The highest BCUT2D eigenvalue weighted by Crippen LogP contribution is 2.22. The van der Waals surface area contributed by atoms with Crippen molar-refractivity contribution in [1.82, 2.24) is 4.72 Å². The highest BCUT2D eigenvalue weighted by atomic mass is 32.2. The van der Waals surface area contributed by atoms with E-state index in [0.717, 1.165) is 11.1 Å². The highest BCUT2D eigenvalue weighted by molar-refractivity contribution is 7.90. The second-order valence-corrected chi connectivity index (χ2v) is 9.98. The predicted molar refractivity (Wildman–Crippen MR) is 116 cm³/mol. The standard InChI is InChI=1S/C21H20N2O6S2/c1-15-9-11-19(12-10-15)30(25,26)23-21(24)22-17-6-4-8-20(14-17)31(27,28)29-18-7-3-5-16(2)13-18/h3-14H,1-2H3,(H2,22,23,24). The molecule has 0 heterocycles. The first-order valence-electron chi connectivity index (χ1n) is 9.07. The van der Waals surface area contributed by atoms with E-state index in [9.17, 15) is 21.6 Å². The molecule has 0 aliphatic rings. The zero-order chi connectivity index (χ0) is 22.6. The molecule has 31 heavy (non-hydrogen) atoms. The zero-order valence-electron chi connectivity index (χ0n) is 16.7. The van der Waals surface area contributed by atoms with Crippen molar-refractivity contribution in [1.29, 1.82) is 0 Å². The van der Waals surface area contributed by atoms with E-state index in [1.54, 1.807) is 44.2 Å². The molecule has 162 valence electrons. The maximum atomic E-state index is 12.5. The number of sulfonamides is 1. The average Bonchev–Trinajstić information content (AvgIpc) is 2.67. The minimum Gasteiger partial charge on any atom is -0.379 e. The molecule has 3 aromatic rings. The van der Waals surface area contributed by atoms with Crippen molar-refractivity contribution in [2.24, 2.45) is 0 Å². The molecule has 0 spiro atoms. The van der Waals surface area contributed by atoms with Gasteiger partial charge in [-0.3, -0.25) is 0 Å². The van der Waals surface area contributed by atoms with Crippen molar-refractivity contribution in [2.45, 2.75) is 23.6 Å². The summed E-state index contributed by atoms with van der Waals surface area (Å²) >= 11 is 0. The van der Waals surface area contributed by atoms with E-state index in [1.165, 1.54) is 42.5 Å². The first-order chi connectivity index (χ1) is 14.5. The lowest BCUT2D eigenvalue weighted by Crippen LogP contribution is -2.34. The summed E-state index contributed by atoms with van der Waals surface area (Å²) in [6.07, 6.45) is 0. The zero-order valence-corrected chi connectivity index (χ0v) is 18.3. The molecule has 0 aliphatic carbocycles. The number of amides is 2. The number of hydrogen-bond acceptors (Lipinski definition) is 6. The number of anilines is 1. The summed E-state index contributed by atoms with van der Waals surface area (Å²) in [5.41, 5.74) is 1.77. The lowest BCUT2D eigenvalue weighted by molar-refractivity contribution is 0.256. The second-order valence-electron chi connectivity index (χ2n) is 6.75. The second kappa shape index (κ2) is 8.78. The van der Waals surface area contributed by atoms with Gasteiger partial charge in [0.05, 0.1) is 4.90 Å². The van der Waals surface area contributed by atoms with Crippen molar-refractivity contribution in [3.05, 3.63) is 83.9 Å². The molecule has 2 N–H and O–H groups in total. The Balaban J connectivity index is 1.74. The van der Waals surface area contributed by atoms with Crippen LogP contribution in [0.15, 0.2) is 82.6 Å². The predicted octanol–water partition coefficient (Wildman–Crippen LogP) is 3.58. The smallest absolute Gasteiger partial charge is 0.339 e. The van der Waals surface area contributed by atoms with E-state index in [1.807, 2.05) is 4.72 Å². The average molecular weight is 461 g/mol. The van der Waals surface area contributed by atoms with Gasteiger partial charge in [0.1, 0.15) is 10.6 Å². The lowest BCUT2D eigenvalue weighted by Gasteiger charge is -2.11. The Kier molecular flexibility index (Phi) is 6.32. The molecule has 3 rings (SSSR count). The maximum absolute atomic E-state index is 12.5. The topological polar surface area (TPSA) is 119 Å². The van der Waals surface area contributed by atoms with Gasteiger partial charge in [0.2, 0.25) is 0 Å². The fourth-order valence-electron chi connectivity index (χ4n) is 2.63. The van der Waals surface area contributed by atoms with Crippen LogP contribution < -0.4 is 14.2 Å². The van der Waals surface area contributed by atoms with E-state index in [0.29, 0.717) is 0 Å². The van der Waals surface area contributed by atoms with Crippen LogP contribution in [0.5, 0.6) is 5.75 Å². The Morgan fingerprint density at radius 2 is 1.45 bits per heavy atom. The van der Waals surface area contributed by atoms with Crippen LogP contribution in [0.25, 0.3) is 0 Å². The van der Waals surface area contributed by atoms with Crippen molar-refractivity contribution in [3.8, 4) is 5.75 Å². The van der Waals surface area contributed by atoms with Crippen LogP contribution in [0.4, 0.5) is 10.5 Å². The van der Waals surface area contributed by atoms with Crippen LogP contribution in [-0.4, -0.2) is 22.9 Å². The summed E-state index contributed by atoms with van der Waals surface area (Å²) in [5.74, 6) is 0.153. The molecule has 0 bridgehead atoms. The molecule has 2 amide bonds. The number of aryl methyl sites for hydroxylation is 2. The molecule has 8 nitrogen and oxygen atoms in total. The number of hydrogen-bond donors (Lipinski definition) is 2. The van der Waals surface area contributed by atoms with Crippen LogP contribution in [0.3, 0.4) is 0 Å². The Morgan fingerprint density at radius 1 is 0.774 bits per heavy atom. The fraction of sp³-hybridized carbons (Fsp3) is 0.0952. The van der Waals surface area contributed by atoms with Gasteiger partial charge >= 0.3 is 16.1 Å². The van der Waals surface area contributed by atoms with Gasteiger partial charge in [0.25, 0.3) is 10.0 Å². The SMILES string of the molecule is Cc1ccc(S(=O)(=O)NC(=O)Nc2cccc(S(=O)(=O)Oc3cccc(C)c3)c2)cc1. The summed E-state index contributed by atoms with van der Waals surface area (Å²) < 4.78 is 56.7. The lowest BCUT2D eigenvalue weighted by atomic mass is 10.2. The number of urea groups is 1. The Hall–Kier alpha value is -3.37. The van der Waals surface area contributed by atoms with Crippen LogP contribution >= 0.6 is 0 Å². The van der Waals surface area contributed by atoms with Gasteiger partial charge in [0.15, 0.2) is 0 Å². The van der Waals surface area contributed by atoms with Crippen LogP contribution in [0.2, 0.25) is 0 Å². The van der Waals surface area contributed by atoms with Gasteiger partial charge in [-0.2, -0.15) is 8.42 Å². The van der Waals surface area contributed by atoms with Crippen LogP contribution in [0, 0.1) is 13.8 Å². The molecule has 0 saturated carbocycles. The third-order valence-electron chi connectivity index (χ3n) is 4.13. The first-order valence-corrected chi connectivity index (χ1v) is 12.0. The van der Waals surface area contributed by atoms with Crippen LogP contribution in [0.1, 0.15) is 11.1 Å². The largest absolute Gasteiger partial charge is 0.379 e. The summed E-state index contributed by atoms with van der Waals surface area (Å²) in [7, 11) is -8.25. The monoisotopic (exact) mass is 460 g/mol. The van der Waals surface area contributed by atoms with Crippen molar-refractivity contribution >= 4 is 31.9 Å². The normalized spacial score (nSPS) is 11.5. The Bertz CT molecular complexity index is 1320. The van der Waals surface area contributed by atoms with Gasteiger partial charge in [0, 0.05) is 5.69 Å². The minimum absolute atomic E-state index is 0.0730. The van der Waals surface area contributed by atoms with Gasteiger partial charge in [-0.25, -0.2) is 17.9 Å². The highest BCUT2D eigenvalue weighted by Gasteiger charge is 2.20. The van der Waals surface area contributed by atoms with Gasteiger partial charge in [-0.1, -0.05) is 35.9 Å². The molecule has 0 unspecified atom stereocenters. The molecule has 0 radical (unpaired) electrons. The first kappa shape index (κ1) is 22.3. The number of benzene rings is 3. The summed E-state index contributed by atoms with van der Waals surface area (Å²) in [4.78, 5) is 11.9. The van der Waals surface area contributed by atoms with E-state index < -0.39 is 26.2 Å². The molecular weight excluding hydrogens is 440 g/mol. The third kappa shape index (κ3) is 5.83. The summed E-state index contributed by atoms with van der Waals surface area (Å²) in [6.45, 7) is 3.60. The van der Waals surface area contributed by atoms with E-state index in [-0.39, 0.29) is 21.2 Å². The summed E-state index contributed by atoms with van der Waals surface area (Å²) in [6, 6.07) is 16.8. The maximum Gasteiger partial charge on any atom is 0.339 e. The van der Waals surface area contributed by atoms with Crippen molar-refractivity contribution in [3.63, 3.8) is 0 Å². The number of carbonyl (C=O) groups excluding carboxylic acids is 1. The fourth-order valence-corrected chi connectivity index (χ4v) is 4.50. The molecule has 0 atom stereocenters.